The van der Waals surface area contributed by atoms with Gasteiger partial charge in [0, 0.05) is 12.8 Å². The maximum atomic E-state index is 2.82. The molecule has 0 aromatic rings. The Morgan fingerprint density at radius 1 is 0.583 bits per heavy atom. The molecule has 0 bridgehead atoms. The molecule has 0 spiro atoms. The zero-order chi connectivity index (χ0) is 9.07. The molecule has 0 N–H and O–H groups in total. The van der Waals surface area contributed by atoms with E-state index in [4.69, 9.17) is 0 Å². The first-order chi connectivity index (χ1) is 5.91. The average Bonchev–Trinajstić information content (AvgIpc) is 2.10. The minimum atomic E-state index is 0.831. The second kappa shape index (κ2) is 9.24. The van der Waals surface area contributed by atoms with Crippen molar-refractivity contribution >= 4 is 0 Å². The van der Waals surface area contributed by atoms with Crippen LogP contribution in [0.15, 0.2) is 0 Å². The molecule has 58 valence electrons. The van der Waals surface area contributed by atoms with Crippen molar-refractivity contribution in [2.24, 2.45) is 0 Å². The van der Waals surface area contributed by atoms with E-state index in [9.17, 15) is 0 Å². The predicted octanol–water partition coefficient (Wildman–Crippen LogP) is 1.82. The van der Waals surface area contributed by atoms with Crippen molar-refractivity contribution in [3.8, 4) is 47.4 Å². The van der Waals surface area contributed by atoms with Gasteiger partial charge in [0.05, 0.1) is 0 Å². The fourth-order valence-electron chi connectivity index (χ4n) is 0.390. The van der Waals surface area contributed by atoms with Gasteiger partial charge in [-0.15, -0.1) is 0 Å². The molecule has 0 atom stereocenters. The summed E-state index contributed by atoms with van der Waals surface area (Å²) in [6.07, 6.45) is 1.66. The summed E-state index contributed by atoms with van der Waals surface area (Å²) in [4.78, 5) is 0. The lowest BCUT2D eigenvalue weighted by Crippen LogP contribution is -1.55. The third-order valence-corrected chi connectivity index (χ3v) is 0.843. The summed E-state index contributed by atoms with van der Waals surface area (Å²) in [5.74, 6) is 21.4. The maximum Gasteiger partial charge on any atom is 0.00704 e. The molecule has 0 aliphatic carbocycles. The summed E-state index contributed by atoms with van der Waals surface area (Å²) in [6, 6.07) is 0. The van der Waals surface area contributed by atoms with E-state index in [2.05, 4.69) is 47.4 Å². The van der Waals surface area contributed by atoms with E-state index in [1.807, 2.05) is 13.8 Å². The van der Waals surface area contributed by atoms with Crippen LogP contribution < -0.4 is 0 Å². The summed E-state index contributed by atoms with van der Waals surface area (Å²) in [5.41, 5.74) is 0. The summed E-state index contributed by atoms with van der Waals surface area (Å²) < 4.78 is 0. The highest BCUT2D eigenvalue weighted by Crippen LogP contribution is 1.65. The van der Waals surface area contributed by atoms with Crippen molar-refractivity contribution in [1.82, 2.24) is 0 Å². The lowest BCUT2D eigenvalue weighted by Gasteiger charge is -1.61. The normalized spacial score (nSPS) is 5.17. The predicted molar refractivity (Wildman–Crippen MR) is 51.7 cm³/mol. The maximum absolute atomic E-state index is 2.82. The first kappa shape index (κ1) is 10.2. The Hall–Kier alpha value is -1.76. The van der Waals surface area contributed by atoms with E-state index in [1.54, 1.807) is 0 Å². The van der Waals surface area contributed by atoms with Crippen LogP contribution in [0.1, 0.15) is 26.7 Å². The van der Waals surface area contributed by atoms with E-state index in [0.29, 0.717) is 0 Å². The lowest BCUT2D eigenvalue weighted by molar-refractivity contribution is 1.28. The molecule has 0 rings (SSSR count). The standard InChI is InChI=1S/C12H10/c1-3-5-7-9-11-12-10-8-6-4-2/h3-4H2,1-2H3. The highest BCUT2D eigenvalue weighted by molar-refractivity contribution is 5.39. The molecule has 0 fully saturated rings. The second-order valence-electron chi connectivity index (χ2n) is 1.81. The van der Waals surface area contributed by atoms with Gasteiger partial charge >= 0.3 is 0 Å². The third kappa shape index (κ3) is 8.24. The van der Waals surface area contributed by atoms with Gasteiger partial charge in [-0.1, -0.05) is 25.7 Å². The van der Waals surface area contributed by atoms with Gasteiger partial charge in [-0.2, -0.15) is 0 Å². The van der Waals surface area contributed by atoms with Crippen molar-refractivity contribution in [3.05, 3.63) is 0 Å². The minimum absolute atomic E-state index is 0.831. The van der Waals surface area contributed by atoms with Gasteiger partial charge in [-0.25, -0.2) is 0 Å². The van der Waals surface area contributed by atoms with Crippen LogP contribution in [0.2, 0.25) is 0 Å². The third-order valence-electron chi connectivity index (χ3n) is 0.843. The molecule has 0 saturated carbocycles. The Morgan fingerprint density at radius 2 is 0.917 bits per heavy atom. The van der Waals surface area contributed by atoms with Crippen LogP contribution in [0.3, 0.4) is 0 Å². The topological polar surface area (TPSA) is 0 Å². The Kier molecular flexibility index (Phi) is 7.88. The van der Waals surface area contributed by atoms with Crippen LogP contribution in [-0.4, -0.2) is 0 Å². The van der Waals surface area contributed by atoms with Crippen molar-refractivity contribution in [2.45, 2.75) is 26.7 Å². The molecule has 0 aliphatic rings. The molecular formula is C12H10. The average molecular weight is 154 g/mol. The molecular weight excluding hydrogens is 144 g/mol. The number of hydrogen-bond donors (Lipinski definition) is 0. The van der Waals surface area contributed by atoms with Crippen LogP contribution in [0.4, 0.5) is 0 Å². The largest absolute Gasteiger partial charge is 0.0894 e. The quantitative estimate of drug-likeness (QED) is 0.467. The van der Waals surface area contributed by atoms with E-state index in [1.165, 1.54) is 0 Å². The smallest absolute Gasteiger partial charge is 0.00704 e. The zero-order valence-corrected chi connectivity index (χ0v) is 7.41. The molecule has 0 amide bonds. The SMILES string of the molecule is CCC#CC#CC#CC#CCC. The molecule has 0 heterocycles. The monoisotopic (exact) mass is 154 g/mol. The highest BCUT2D eigenvalue weighted by Gasteiger charge is 1.58. The molecule has 0 aliphatic heterocycles. The summed E-state index contributed by atoms with van der Waals surface area (Å²) in [5, 5.41) is 0. The van der Waals surface area contributed by atoms with Crippen LogP contribution >= 0.6 is 0 Å². The van der Waals surface area contributed by atoms with Gasteiger partial charge in [0.2, 0.25) is 0 Å². The van der Waals surface area contributed by atoms with Crippen LogP contribution in [0, 0.1) is 47.4 Å². The summed E-state index contributed by atoms with van der Waals surface area (Å²) in [7, 11) is 0. The van der Waals surface area contributed by atoms with Gasteiger partial charge in [0.15, 0.2) is 0 Å². The van der Waals surface area contributed by atoms with E-state index < -0.39 is 0 Å². The zero-order valence-electron chi connectivity index (χ0n) is 7.41. The Bertz CT molecular complexity index is 304. The Morgan fingerprint density at radius 3 is 1.25 bits per heavy atom. The molecule has 0 radical (unpaired) electrons. The summed E-state index contributed by atoms with van der Waals surface area (Å²) >= 11 is 0. The van der Waals surface area contributed by atoms with Crippen molar-refractivity contribution < 1.29 is 0 Å². The first-order valence-corrected chi connectivity index (χ1v) is 3.87. The van der Waals surface area contributed by atoms with Crippen LogP contribution in [0.25, 0.3) is 0 Å². The van der Waals surface area contributed by atoms with Gasteiger partial charge in [-0.05, 0) is 35.5 Å². The van der Waals surface area contributed by atoms with Gasteiger partial charge in [-0.3, -0.25) is 0 Å². The number of rotatable bonds is 0. The van der Waals surface area contributed by atoms with E-state index in [0.717, 1.165) is 12.8 Å². The van der Waals surface area contributed by atoms with E-state index in [-0.39, 0.29) is 0 Å². The van der Waals surface area contributed by atoms with Crippen LogP contribution in [-0.2, 0) is 0 Å². The van der Waals surface area contributed by atoms with Gasteiger partial charge in [0.1, 0.15) is 0 Å². The fraction of sp³-hybridized carbons (Fsp3) is 0.333. The Labute approximate surface area is 74.8 Å². The molecule has 0 aromatic carbocycles. The Balaban J connectivity index is 3.90. The molecule has 0 saturated heterocycles. The molecule has 0 unspecified atom stereocenters. The van der Waals surface area contributed by atoms with Crippen molar-refractivity contribution in [3.63, 3.8) is 0 Å². The molecule has 0 heteroatoms. The van der Waals surface area contributed by atoms with Crippen molar-refractivity contribution in [2.75, 3.05) is 0 Å². The molecule has 12 heavy (non-hydrogen) atoms. The summed E-state index contributed by atoms with van der Waals surface area (Å²) in [6.45, 7) is 3.96. The van der Waals surface area contributed by atoms with Gasteiger partial charge < -0.3 is 0 Å². The van der Waals surface area contributed by atoms with E-state index >= 15 is 0 Å². The fourth-order valence-corrected chi connectivity index (χ4v) is 0.390. The second-order valence-corrected chi connectivity index (χ2v) is 1.81. The minimum Gasteiger partial charge on any atom is -0.0894 e. The van der Waals surface area contributed by atoms with Crippen LogP contribution in [0.5, 0.6) is 0 Å². The molecule has 0 nitrogen and oxygen atoms in total. The number of hydrogen-bond acceptors (Lipinski definition) is 0. The van der Waals surface area contributed by atoms with Gasteiger partial charge in [0.25, 0.3) is 0 Å². The highest BCUT2D eigenvalue weighted by atomic mass is 13.6. The molecule has 0 aromatic heterocycles. The van der Waals surface area contributed by atoms with Crippen molar-refractivity contribution in [1.29, 1.82) is 0 Å². The lowest BCUT2D eigenvalue weighted by atomic mass is 10.4. The first-order valence-electron chi connectivity index (χ1n) is 3.87.